The van der Waals surface area contributed by atoms with Crippen molar-refractivity contribution in [1.82, 2.24) is 10.2 Å². The van der Waals surface area contributed by atoms with Gasteiger partial charge >= 0.3 is 0 Å². The first kappa shape index (κ1) is 12.0. The highest BCUT2D eigenvalue weighted by Gasteiger charge is 2.10. The molecule has 0 saturated carbocycles. The van der Waals surface area contributed by atoms with Crippen LogP contribution in [0.15, 0.2) is 30.3 Å². The number of benzene rings is 1. The van der Waals surface area contributed by atoms with Crippen molar-refractivity contribution >= 4 is 11.5 Å². The molecule has 2 aromatic rings. The Morgan fingerprint density at radius 3 is 2.61 bits per heavy atom. The van der Waals surface area contributed by atoms with Crippen molar-refractivity contribution in [3.63, 3.8) is 0 Å². The summed E-state index contributed by atoms with van der Waals surface area (Å²) in [5, 5.41) is 7.76. The molecule has 1 heterocycles. The van der Waals surface area contributed by atoms with E-state index in [1.54, 1.807) is 30.3 Å². The Hall–Kier alpha value is -2.43. The summed E-state index contributed by atoms with van der Waals surface area (Å²) in [6.07, 6.45) is 0. The van der Waals surface area contributed by atoms with Gasteiger partial charge in [0.15, 0.2) is 5.78 Å². The van der Waals surface area contributed by atoms with Gasteiger partial charge < -0.3 is 10.5 Å². The quantitative estimate of drug-likeness (QED) is 0.661. The maximum atomic E-state index is 11.5. The SMILES string of the molecule is CC(=O)c1cc(N)ccc1Oc1ccc(C)nn1. The number of anilines is 1. The summed E-state index contributed by atoms with van der Waals surface area (Å²) in [4.78, 5) is 11.5. The van der Waals surface area contributed by atoms with Crippen LogP contribution in [0.25, 0.3) is 0 Å². The molecule has 18 heavy (non-hydrogen) atoms. The third-order valence-electron chi connectivity index (χ3n) is 2.37. The fourth-order valence-electron chi connectivity index (χ4n) is 1.47. The number of hydrogen-bond acceptors (Lipinski definition) is 5. The molecule has 92 valence electrons. The van der Waals surface area contributed by atoms with Gasteiger partial charge in [0.05, 0.1) is 11.3 Å². The Bertz CT molecular complexity index is 579. The number of hydrogen-bond donors (Lipinski definition) is 1. The Balaban J connectivity index is 2.34. The van der Waals surface area contributed by atoms with E-state index in [1.807, 2.05) is 6.92 Å². The van der Waals surface area contributed by atoms with Crippen LogP contribution in [0, 0.1) is 6.92 Å². The normalized spacial score (nSPS) is 10.1. The van der Waals surface area contributed by atoms with E-state index in [2.05, 4.69) is 10.2 Å². The van der Waals surface area contributed by atoms with Gasteiger partial charge in [-0.3, -0.25) is 4.79 Å². The fourth-order valence-corrected chi connectivity index (χ4v) is 1.47. The molecule has 1 aromatic carbocycles. The lowest BCUT2D eigenvalue weighted by atomic mass is 10.1. The third kappa shape index (κ3) is 2.63. The third-order valence-corrected chi connectivity index (χ3v) is 2.37. The minimum atomic E-state index is -0.114. The minimum Gasteiger partial charge on any atom is -0.437 e. The zero-order chi connectivity index (χ0) is 13.1. The van der Waals surface area contributed by atoms with E-state index in [0.29, 0.717) is 22.9 Å². The predicted octanol–water partition coefficient (Wildman–Crippen LogP) is 2.36. The number of ketones is 1. The highest BCUT2D eigenvalue weighted by molar-refractivity contribution is 5.97. The summed E-state index contributed by atoms with van der Waals surface area (Å²) in [6, 6.07) is 8.38. The number of carbonyl (C=O) groups is 1. The van der Waals surface area contributed by atoms with Crippen LogP contribution in [0.1, 0.15) is 23.0 Å². The van der Waals surface area contributed by atoms with Crippen molar-refractivity contribution in [2.45, 2.75) is 13.8 Å². The number of aryl methyl sites for hydroxylation is 1. The summed E-state index contributed by atoms with van der Waals surface area (Å²) in [5.74, 6) is 0.653. The lowest BCUT2D eigenvalue weighted by molar-refractivity contribution is 0.101. The molecule has 0 amide bonds. The van der Waals surface area contributed by atoms with E-state index >= 15 is 0 Å². The summed E-state index contributed by atoms with van der Waals surface area (Å²) >= 11 is 0. The van der Waals surface area contributed by atoms with Crippen LogP contribution in [-0.2, 0) is 0 Å². The number of Topliss-reactive ketones (excluding diaryl/α,β-unsaturated/α-hetero) is 1. The summed E-state index contributed by atoms with van der Waals surface area (Å²) in [5.41, 5.74) is 7.38. The lowest BCUT2D eigenvalue weighted by Crippen LogP contribution is -2.00. The second kappa shape index (κ2) is 4.83. The predicted molar refractivity (Wildman–Crippen MR) is 67.7 cm³/mol. The van der Waals surface area contributed by atoms with Crippen molar-refractivity contribution in [3.05, 3.63) is 41.6 Å². The Labute approximate surface area is 105 Å². The van der Waals surface area contributed by atoms with Crippen molar-refractivity contribution < 1.29 is 9.53 Å². The van der Waals surface area contributed by atoms with Crippen LogP contribution in [0.3, 0.4) is 0 Å². The Kier molecular flexibility index (Phi) is 3.23. The average Bonchev–Trinajstić information content (AvgIpc) is 2.34. The molecule has 0 atom stereocenters. The molecule has 5 heteroatoms. The van der Waals surface area contributed by atoms with Crippen LogP contribution < -0.4 is 10.5 Å². The Morgan fingerprint density at radius 1 is 1.22 bits per heavy atom. The van der Waals surface area contributed by atoms with E-state index in [4.69, 9.17) is 10.5 Å². The maximum Gasteiger partial charge on any atom is 0.238 e. The largest absolute Gasteiger partial charge is 0.437 e. The lowest BCUT2D eigenvalue weighted by Gasteiger charge is -2.08. The molecule has 0 bridgehead atoms. The van der Waals surface area contributed by atoms with Gasteiger partial charge in [-0.15, -0.1) is 5.10 Å². The highest BCUT2D eigenvalue weighted by atomic mass is 16.5. The highest BCUT2D eigenvalue weighted by Crippen LogP contribution is 2.26. The molecule has 0 spiro atoms. The van der Waals surface area contributed by atoms with Gasteiger partial charge in [0.25, 0.3) is 0 Å². The van der Waals surface area contributed by atoms with E-state index in [9.17, 15) is 4.79 Å². The van der Waals surface area contributed by atoms with Crippen molar-refractivity contribution in [1.29, 1.82) is 0 Å². The molecule has 0 unspecified atom stereocenters. The number of nitrogens with zero attached hydrogens (tertiary/aromatic N) is 2. The summed E-state index contributed by atoms with van der Waals surface area (Å²) < 4.78 is 5.53. The molecule has 2 N–H and O–H groups in total. The summed E-state index contributed by atoms with van der Waals surface area (Å²) in [6.45, 7) is 3.30. The number of nitrogens with two attached hydrogens (primary N) is 1. The van der Waals surface area contributed by atoms with Crippen molar-refractivity contribution in [2.75, 3.05) is 5.73 Å². The monoisotopic (exact) mass is 243 g/mol. The van der Waals surface area contributed by atoms with E-state index < -0.39 is 0 Å². The van der Waals surface area contributed by atoms with Crippen LogP contribution in [0.2, 0.25) is 0 Å². The zero-order valence-corrected chi connectivity index (χ0v) is 10.2. The van der Waals surface area contributed by atoms with Crippen LogP contribution in [0.4, 0.5) is 5.69 Å². The molecule has 2 rings (SSSR count). The fraction of sp³-hybridized carbons (Fsp3) is 0.154. The molecule has 0 aliphatic heterocycles. The smallest absolute Gasteiger partial charge is 0.238 e. The number of nitrogen functional groups attached to an aromatic ring is 1. The Morgan fingerprint density at radius 2 is 2.00 bits per heavy atom. The average molecular weight is 243 g/mol. The molecule has 1 aromatic heterocycles. The van der Waals surface area contributed by atoms with Crippen LogP contribution in [0.5, 0.6) is 11.6 Å². The van der Waals surface area contributed by atoms with Gasteiger partial charge in [0.1, 0.15) is 5.75 Å². The number of aromatic nitrogens is 2. The standard InChI is InChI=1S/C13H13N3O2/c1-8-3-6-13(16-15-8)18-12-5-4-10(14)7-11(12)9(2)17/h3-7H,14H2,1-2H3. The van der Waals surface area contributed by atoms with E-state index in [-0.39, 0.29) is 5.78 Å². The molecule has 0 saturated heterocycles. The second-order valence-corrected chi connectivity index (χ2v) is 3.93. The summed E-state index contributed by atoms with van der Waals surface area (Å²) in [7, 11) is 0. The number of rotatable bonds is 3. The molecular weight excluding hydrogens is 230 g/mol. The van der Waals surface area contributed by atoms with Gasteiger partial charge in [0.2, 0.25) is 5.88 Å². The van der Waals surface area contributed by atoms with Gasteiger partial charge in [-0.2, -0.15) is 5.10 Å². The molecular formula is C13H13N3O2. The maximum absolute atomic E-state index is 11.5. The minimum absolute atomic E-state index is 0.114. The molecule has 0 aliphatic carbocycles. The molecule has 0 aliphatic rings. The first-order valence-electron chi connectivity index (χ1n) is 5.45. The van der Waals surface area contributed by atoms with Gasteiger partial charge in [-0.1, -0.05) is 0 Å². The van der Waals surface area contributed by atoms with Gasteiger partial charge in [-0.05, 0) is 38.1 Å². The van der Waals surface area contributed by atoms with Crippen molar-refractivity contribution in [2.24, 2.45) is 0 Å². The van der Waals surface area contributed by atoms with Gasteiger partial charge in [0, 0.05) is 11.8 Å². The first-order valence-corrected chi connectivity index (χ1v) is 5.45. The van der Waals surface area contributed by atoms with Gasteiger partial charge in [-0.25, -0.2) is 0 Å². The molecule has 0 radical (unpaired) electrons. The van der Waals surface area contributed by atoms with Crippen LogP contribution >= 0.6 is 0 Å². The van der Waals surface area contributed by atoms with Crippen LogP contribution in [-0.4, -0.2) is 16.0 Å². The number of ether oxygens (including phenoxy) is 1. The number of carbonyl (C=O) groups excluding carboxylic acids is 1. The van der Waals surface area contributed by atoms with Crippen molar-refractivity contribution in [3.8, 4) is 11.6 Å². The second-order valence-electron chi connectivity index (χ2n) is 3.93. The molecule has 0 fully saturated rings. The van der Waals surface area contributed by atoms with E-state index in [0.717, 1.165) is 5.69 Å². The topological polar surface area (TPSA) is 78.1 Å². The first-order chi connectivity index (χ1) is 8.56. The molecule has 5 nitrogen and oxygen atoms in total. The zero-order valence-electron chi connectivity index (χ0n) is 10.2. The van der Waals surface area contributed by atoms with E-state index in [1.165, 1.54) is 6.92 Å².